The molecule has 27 heavy (non-hydrogen) atoms. The van der Waals surface area contributed by atoms with Crippen molar-refractivity contribution in [1.82, 2.24) is 4.98 Å². The quantitative estimate of drug-likeness (QED) is 0.519. The Balaban J connectivity index is 2.06. The number of aromatic nitrogens is 1. The average Bonchev–Trinajstić information content (AvgIpc) is 3.26. The van der Waals surface area contributed by atoms with Gasteiger partial charge in [0.25, 0.3) is 0 Å². The minimum absolute atomic E-state index is 0.113. The van der Waals surface area contributed by atoms with E-state index in [1.807, 2.05) is 0 Å². The fourth-order valence-corrected chi connectivity index (χ4v) is 3.50. The molecule has 1 saturated carbocycles. The third-order valence-corrected chi connectivity index (χ3v) is 4.90. The van der Waals surface area contributed by atoms with Crippen LogP contribution in [0.3, 0.4) is 0 Å². The molecule has 1 heterocycles. The Morgan fingerprint density at radius 1 is 1.00 bits per heavy atom. The highest BCUT2D eigenvalue weighted by Gasteiger charge is 2.26. The lowest BCUT2D eigenvalue weighted by atomic mass is 10.0. The standard InChI is InChI=1S/C20H29NO6/c1-4-25-19(23)17-13(3)18(20(24)26-5-2)21-15(17)12-27-16(22)11-10-14-8-6-7-9-14/h14,21H,4-12H2,1-3H3. The number of carbonyl (C=O) groups is 3. The van der Waals surface area contributed by atoms with Gasteiger partial charge in [0, 0.05) is 6.42 Å². The Labute approximate surface area is 159 Å². The molecule has 0 aliphatic heterocycles. The fourth-order valence-electron chi connectivity index (χ4n) is 3.50. The molecule has 0 radical (unpaired) electrons. The van der Waals surface area contributed by atoms with Gasteiger partial charge in [-0.3, -0.25) is 4.79 Å². The maximum Gasteiger partial charge on any atom is 0.355 e. The van der Waals surface area contributed by atoms with Crippen LogP contribution >= 0.6 is 0 Å². The van der Waals surface area contributed by atoms with Gasteiger partial charge >= 0.3 is 17.9 Å². The molecule has 1 aliphatic carbocycles. The lowest BCUT2D eigenvalue weighted by Gasteiger charge is -2.09. The van der Waals surface area contributed by atoms with Crippen LogP contribution in [0.5, 0.6) is 0 Å². The maximum atomic E-state index is 12.3. The number of carbonyl (C=O) groups excluding carboxylic acids is 3. The van der Waals surface area contributed by atoms with Crippen LogP contribution in [0.4, 0.5) is 0 Å². The van der Waals surface area contributed by atoms with Gasteiger partial charge in [-0.1, -0.05) is 25.7 Å². The molecular formula is C20H29NO6. The van der Waals surface area contributed by atoms with E-state index in [1.165, 1.54) is 25.7 Å². The third-order valence-electron chi connectivity index (χ3n) is 4.90. The van der Waals surface area contributed by atoms with Gasteiger partial charge in [0.05, 0.1) is 24.5 Å². The first-order valence-corrected chi connectivity index (χ1v) is 9.69. The Bertz CT molecular complexity index is 672. The van der Waals surface area contributed by atoms with Crippen LogP contribution in [0.15, 0.2) is 0 Å². The van der Waals surface area contributed by atoms with Crippen LogP contribution in [0.1, 0.15) is 84.5 Å². The second-order valence-corrected chi connectivity index (χ2v) is 6.77. The van der Waals surface area contributed by atoms with Crippen molar-refractivity contribution in [1.29, 1.82) is 0 Å². The van der Waals surface area contributed by atoms with Gasteiger partial charge < -0.3 is 19.2 Å². The molecular weight excluding hydrogens is 350 g/mol. The number of ether oxygens (including phenoxy) is 3. The Kier molecular flexibility index (Phi) is 7.88. The van der Waals surface area contributed by atoms with Crippen molar-refractivity contribution < 1.29 is 28.6 Å². The van der Waals surface area contributed by atoms with Crippen LogP contribution in [0, 0.1) is 12.8 Å². The smallest absolute Gasteiger partial charge is 0.355 e. The van der Waals surface area contributed by atoms with Crippen molar-refractivity contribution in [2.24, 2.45) is 5.92 Å². The summed E-state index contributed by atoms with van der Waals surface area (Å²) in [7, 11) is 0. The molecule has 150 valence electrons. The normalized spacial score (nSPS) is 14.2. The zero-order valence-corrected chi connectivity index (χ0v) is 16.4. The number of nitrogens with one attached hydrogen (secondary N) is 1. The largest absolute Gasteiger partial charge is 0.462 e. The summed E-state index contributed by atoms with van der Waals surface area (Å²) in [6.45, 7) is 5.36. The molecule has 0 aromatic carbocycles. The topological polar surface area (TPSA) is 94.7 Å². The average molecular weight is 379 g/mol. The van der Waals surface area contributed by atoms with E-state index in [0.29, 0.717) is 23.6 Å². The van der Waals surface area contributed by atoms with Gasteiger partial charge in [-0.05, 0) is 38.7 Å². The molecule has 7 nitrogen and oxygen atoms in total. The van der Waals surface area contributed by atoms with Crippen molar-refractivity contribution in [2.45, 2.75) is 65.9 Å². The SMILES string of the molecule is CCOC(=O)c1[nH]c(COC(=O)CCC2CCCC2)c(C(=O)OCC)c1C. The molecule has 0 unspecified atom stereocenters. The molecule has 7 heteroatoms. The van der Waals surface area contributed by atoms with Gasteiger partial charge in [0.15, 0.2) is 0 Å². The molecule has 0 spiro atoms. The first kappa shape index (κ1) is 21.0. The predicted molar refractivity (Wildman–Crippen MR) is 98.4 cm³/mol. The first-order chi connectivity index (χ1) is 13.0. The zero-order valence-electron chi connectivity index (χ0n) is 16.4. The number of aromatic amines is 1. The summed E-state index contributed by atoms with van der Waals surface area (Å²) in [5.41, 5.74) is 1.19. The molecule has 0 amide bonds. The van der Waals surface area contributed by atoms with Crippen molar-refractivity contribution in [3.63, 3.8) is 0 Å². The summed E-state index contributed by atoms with van der Waals surface area (Å²) in [6, 6.07) is 0. The van der Waals surface area contributed by atoms with Crippen LogP contribution in [0.25, 0.3) is 0 Å². The number of H-pyrrole nitrogens is 1. The van der Waals surface area contributed by atoms with Crippen molar-refractivity contribution in [2.75, 3.05) is 13.2 Å². The Morgan fingerprint density at radius 2 is 1.63 bits per heavy atom. The molecule has 1 aromatic heterocycles. The molecule has 1 aromatic rings. The highest BCUT2D eigenvalue weighted by Crippen LogP contribution is 2.28. The van der Waals surface area contributed by atoms with E-state index in [-0.39, 0.29) is 37.0 Å². The van der Waals surface area contributed by atoms with E-state index in [2.05, 4.69) is 4.98 Å². The van der Waals surface area contributed by atoms with Crippen LogP contribution in [0.2, 0.25) is 0 Å². The molecule has 1 aliphatic rings. The van der Waals surface area contributed by atoms with E-state index >= 15 is 0 Å². The molecule has 1 fully saturated rings. The molecule has 2 rings (SSSR count). The summed E-state index contributed by atoms with van der Waals surface area (Å²) in [5, 5.41) is 0. The fraction of sp³-hybridized carbons (Fsp3) is 0.650. The summed E-state index contributed by atoms with van der Waals surface area (Å²) in [4.78, 5) is 39.3. The first-order valence-electron chi connectivity index (χ1n) is 9.69. The van der Waals surface area contributed by atoms with Gasteiger partial charge in [0.1, 0.15) is 12.3 Å². The maximum absolute atomic E-state index is 12.3. The van der Waals surface area contributed by atoms with Gasteiger partial charge in [-0.2, -0.15) is 0 Å². The second-order valence-electron chi connectivity index (χ2n) is 6.77. The summed E-state index contributed by atoms with van der Waals surface area (Å²) in [5.74, 6) is -0.810. The number of rotatable bonds is 9. The molecule has 0 bridgehead atoms. The van der Waals surface area contributed by atoms with Crippen LogP contribution in [-0.2, 0) is 25.6 Å². The van der Waals surface area contributed by atoms with Gasteiger partial charge in [-0.15, -0.1) is 0 Å². The van der Waals surface area contributed by atoms with Crippen molar-refractivity contribution in [3.05, 3.63) is 22.5 Å². The lowest BCUT2D eigenvalue weighted by molar-refractivity contribution is -0.145. The third kappa shape index (κ3) is 5.58. The number of hydrogen-bond acceptors (Lipinski definition) is 6. The molecule has 1 N–H and O–H groups in total. The summed E-state index contributed by atoms with van der Waals surface area (Å²) >= 11 is 0. The van der Waals surface area contributed by atoms with E-state index in [1.54, 1.807) is 20.8 Å². The predicted octanol–water partition coefficient (Wildman–Crippen LogP) is 3.69. The van der Waals surface area contributed by atoms with E-state index in [0.717, 1.165) is 6.42 Å². The number of hydrogen-bond donors (Lipinski definition) is 1. The van der Waals surface area contributed by atoms with Gasteiger partial charge in [-0.25, -0.2) is 9.59 Å². The lowest BCUT2D eigenvalue weighted by Crippen LogP contribution is -2.11. The second kappa shape index (κ2) is 10.1. The van der Waals surface area contributed by atoms with E-state index in [9.17, 15) is 14.4 Å². The van der Waals surface area contributed by atoms with E-state index < -0.39 is 11.9 Å². The Morgan fingerprint density at radius 3 is 2.26 bits per heavy atom. The van der Waals surface area contributed by atoms with Crippen molar-refractivity contribution in [3.8, 4) is 0 Å². The Hall–Kier alpha value is -2.31. The van der Waals surface area contributed by atoms with Crippen LogP contribution < -0.4 is 0 Å². The van der Waals surface area contributed by atoms with E-state index in [4.69, 9.17) is 14.2 Å². The zero-order chi connectivity index (χ0) is 19.8. The van der Waals surface area contributed by atoms with Gasteiger partial charge in [0.2, 0.25) is 0 Å². The molecule has 0 atom stereocenters. The monoisotopic (exact) mass is 379 g/mol. The highest BCUT2D eigenvalue weighted by atomic mass is 16.5. The van der Waals surface area contributed by atoms with Crippen LogP contribution in [-0.4, -0.2) is 36.1 Å². The summed E-state index contributed by atoms with van der Waals surface area (Å²) in [6.07, 6.45) is 6.03. The van der Waals surface area contributed by atoms with Crippen molar-refractivity contribution >= 4 is 17.9 Å². The molecule has 0 saturated heterocycles. The minimum Gasteiger partial charge on any atom is -0.462 e. The summed E-state index contributed by atoms with van der Waals surface area (Å²) < 4.78 is 15.4. The minimum atomic E-state index is -0.557. The highest BCUT2D eigenvalue weighted by molar-refractivity contribution is 5.98. The number of esters is 3.